The lowest BCUT2D eigenvalue weighted by Crippen LogP contribution is -2.32. The van der Waals surface area contributed by atoms with E-state index in [1.165, 1.54) is 0 Å². The number of rotatable bonds is 2. The zero-order valence-electron chi connectivity index (χ0n) is 11.4. The van der Waals surface area contributed by atoms with Gasteiger partial charge in [0.05, 0.1) is 4.90 Å². The molecule has 0 unspecified atom stereocenters. The van der Waals surface area contributed by atoms with Crippen LogP contribution in [-0.4, -0.2) is 25.8 Å². The van der Waals surface area contributed by atoms with E-state index in [9.17, 15) is 8.42 Å². The molecular weight excluding hydrogens is 326 g/mol. The zero-order valence-corrected chi connectivity index (χ0v) is 13.8. The minimum atomic E-state index is -3.34. The molecule has 1 aliphatic rings. The molecule has 19 heavy (non-hydrogen) atoms. The van der Waals surface area contributed by atoms with Crippen LogP contribution in [0.3, 0.4) is 0 Å². The first-order valence-electron chi connectivity index (χ1n) is 6.57. The summed E-state index contributed by atoms with van der Waals surface area (Å²) in [6.07, 6.45) is 2.94. The average molecular weight is 346 g/mol. The van der Waals surface area contributed by atoms with Crippen molar-refractivity contribution in [1.29, 1.82) is 0 Å². The van der Waals surface area contributed by atoms with Crippen molar-refractivity contribution in [2.75, 3.05) is 13.1 Å². The second kappa shape index (κ2) is 5.54. The van der Waals surface area contributed by atoms with Gasteiger partial charge in [-0.1, -0.05) is 29.8 Å². The first kappa shape index (κ1) is 15.0. The van der Waals surface area contributed by atoms with Crippen LogP contribution >= 0.6 is 15.9 Å². The van der Waals surface area contributed by atoms with Crippen LogP contribution in [0.5, 0.6) is 0 Å². The van der Waals surface area contributed by atoms with Gasteiger partial charge >= 0.3 is 0 Å². The van der Waals surface area contributed by atoms with Crippen molar-refractivity contribution < 1.29 is 8.42 Å². The van der Waals surface area contributed by atoms with Crippen molar-refractivity contribution in [1.82, 2.24) is 4.31 Å². The number of halogens is 1. The molecule has 0 radical (unpaired) electrons. The largest absolute Gasteiger partial charge is 0.243 e. The van der Waals surface area contributed by atoms with Gasteiger partial charge in [0, 0.05) is 17.6 Å². The number of sulfonamides is 1. The summed E-state index contributed by atoms with van der Waals surface area (Å²) in [6, 6.07) is 6.87. The van der Waals surface area contributed by atoms with Crippen LogP contribution in [0.15, 0.2) is 33.6 Å². The fourth-order valence-corrected chi connectivity index (χ4v) is 4.14. The van der Waals surface area contributed by atoms with Crippen LogP contribution < -0.4 is 0 Å². The molecule has 1 heterocycles. The van der Waals surface area contributed by atoms with Crippen LogP contribution in [0.4, 0.5) is 0 Å². The van der Waals surface area contributed by atoms with Crippen molar-refractivity contribution >= 4 is 26.0 Å². The van der Waals surface area contributed by atoms with Crippen LogP contribution in [0.25, 0.3) is 0 Å². The summed E-state index contributed by atoms with van der Waals surface area (Å²) in [7, 11) is -3.34. The Labute approximate surface area is 124 Å². The third kappa shape index (κ3) is 3.58. The first-order valence-corrected chi connectivity index (χ1v) is 8.80. The van der Waals surface area contributed by atoms with Crippen LogP contribution in [0, 0.1) is 5.41 Å². The molecule has 1 saturated heterocycles. The lowest BCUT2D eigenvalue weighted by Gasteiger charge is -2.23. The predicted octanol–water partition coefficient (Wildman–Crippen LogP) is 3.65. The number of nitrogens with zero attached hydrogens (tertiary/aromatic N) is 1. The van der Waals surface area contributed by atoms with E-state index in [2.05, 4.69) is 29.8 Å². The van der Waals surface area contributed by atoms with Crippen molar-refractivity contribution in [3.8, 4) is 0 Å². The fourth-order valence-electron chi connectivity index (χ4n) is 2.39. The van der Waals surface area contributed by atoms with Gasteiger partial charge in [0.25, 0.3) is 0 Å². The molecule has 0 N–H and O–H groups in total. The lowest BCUT2D eigenvalue weighted by molar-refractivity contribution is 0.315. The van der Waals surface area contributed by atoms with E-state index in [0.717, 1.165) is 23.7 Å². The van der Waals surface area contributed by atoms with E-state index in [4.69, 9.17) is 0 Å². The quantitative estimate of drug-likeness (QED) is 0.820. The Morgan fingerprint density at radius 2 is 1.74 bits per heavy atom. The number of hydrogen-bond donors (Lipinski definition) is 0. The van der Waals surface area contributed by atoms with Crippen LogP contribution in [0.1, 0.15) is 33.1 Å². The van der Waals surface area contributed by atoms with Gasteiger partial charge in [-0.15, -0.1) is 0 Å². The molecule has 0 aromatic heterocycles. The topological polar surface area (TPSA) is 37.4 Å². The normalized spacial score (nSPS) is 21.0. The number of hydrogen-bond acceptors (Lipinski definition) is 2. The molecule has 0 saturated carbocycles. The van der Waals surface area contributed by atoms with E-state index in [1.807, 2.05) is 0 Å². The van der Waals surface area contributed by atoms with Crippen molar-refractivity contribution in [3.63, 3.8) is 0 Å². The molecule has 106 valence electrons. The minimum Gasteiger partial charge on any atom is -0.207 e. The maximum Gasteiger partial charge on any atom is 0.243 e. The smallest absolute Gasteiger partial charge is 0.207 e. The minimum absolute atomic E-state index is 0.240. The van der Waals surface area contributed by atoms with E-state index in [1.54, 1.807) is 28.6 Å². The van der Waals surface area contributed by atoms with Crippen molar-refractivity contribution in [2.24, 2.45) is 5.41 Å². The molecule has 1 fully saturated rings. The summed E-state index contributed by atoms with van der Waals surface area (Å²) in [4.78, 5) is 0.385. The molecular formula is C14H20BrNO2S. The zero-order chi connectivity index (χ0) is 14.1. The van der Waals surface area contributed by atoms with Gasteiger partial charge in [0.15, 0.2) is 0 Å². The summed E-state index contributed by atoms with van der Waals surface area (Å²) in [6.45, 7) is 5.67. The third-order valence-corrected chi connectivity index (χ3v) is 6.19. The number of benzene rings is 1. The highest BCUT2D eigenvalue weighted by molar-refractivity contribution is 9.10. The summed E-state index contributed by atoms with van der Waals surface area (Å²) < 4.78 is 27.7. The maximum absolute atomic E-state index is 12.6. The summed E-state index contributed by atoms with van der Waals surface area (Å²) in [5, 5.41) is 0. The molecule has 0 bridgehead atoms. The summed E-state index contributed by atoms with van der Waals surface area (Å²) in [5.74, 6) is 0. The summed E-state index contributed by atoms with van der Waals surface area (Å²) in [5.41, 5.74) is 0.240. The van der Waals surface area contributed by atoms with Gasteiger partial charge in [0.2, 0.25) is 10.0 Å². The fraction of sp³-hybridized carbons (Fsp3) is 0.571. The van der Waals surface area contributed by atoms with Gasteiger partial charge in [0.1, 0.15) is 0 Å². The maximum atomic E-state index is 12.6. The molecule has 1 aromatic carbocycles. The Morgan fingerprint density at radius 3 is 2.37 bits per heavy atom. The SMILES string of the molecule is CC1(C)CCCN(S(=O)(=O)c2ccc(Br)cc2)CC1. The predicted molar refractivity (Wildman–Crippen MR) is 80.5 cm³/mol. The third-order valence-electron chi connectivity index (χ3n) is 3.75. The molecule has 0 atom stereocenters. The molecule has 1 aromatic rings. The Bertz CT molecular complexity index is 537. The molecule has 0 amide bonds. The van der Waals surface area contributed by atoms with Crippen LogP contribution in [0.2, 0.25) is 0 Å². The highest BCUT2D eigenvalue weighted by atomic mass is 79.9. The van der Waals surface area contributed by atoms with Crippen molar-refractivity contribution in [2.45, 2.75) is 38.0 Å². The molecule has 3 nitrogen and oxygen atoms in total. The lowest BCUT2D eigenvalue weighted by atomic mass is 9.85. The van der Waals surface area contributed by atoms with E-state index in [-0.39, 0.29) is 5.41 Å². The standard InChI is InChI=1S/C14H20BrNO2S/c1-14(2)8-3-10-16(11-9-14)19(17,18)13-6-4-12(15)5-7-13/h4-7H,3,8-11H2,1-2H3. The average Bonchev–Trinajstić information content (AvgIpc) is 2.51. The van der Waals surface area contributed by atoms with E-state index in [0.29, 0.717) is 18.0 Å². The summed E-state index contributed by atoms with van der Waals surface area (Å²) >= 11 is 3.33. The van der Waals surface area contributed by atoms with Crippen LogP contribution in [-0.2, 0) is 10.0 Å². The molecule has 2 rings (SSSR count). The Hall–Kier alpha value is -0.390. The second-order valence-electron chi connectivity index (χ2n) is 5.88. The Balaban J connectivity index is 2.22. The second-order valence-corrected chi connectivity index (χ2v) is 8.73. The highest BCUT2D eigenvalue weighted by Gasteiger charge is 2.30. The van der Waals surface area contributed by atoms with Gasteiger partial charge in [-0.2, -0.15) is 4.31 Å². The van der Waals surface area contributed by atoms with Gasteiger partial charge in [-0.05, 0) is 48.9 Å². The van der Waals surface area contributed by atoms with E-state index >= 15 is 0 Å². The molecule has 5 heteroatoms. The Morgan fingerprint density at radius 1 is 1.11 bits per heavy atom. The molecule has 1 aliphatic heterocycles. The van der Waals surface area contributed by atoms with Gasteiger partial charge < -0.3 is 0 Å². The monoisotopic (exact) mass is 345 g/mol. The highest BCUT2D eigenvalue weighted by Crippen LogP contribution is 2.31. The van der Waals surface area contributed by atoms with Crippen molar-refractivity contribution in [3.05, 3.63) is 28.7 Å². The molecule has 0 spiro atoms. The molecule has 0 aliphatic carbocycles. The Kier molecular flexibility index (Phi) is 4.38. The first-order chi connectivity index (χ1) is 8.81. The van der Waals surface area contributed by atoms with E-state index < -0.39 is 10.0 Å². The van der Waals surface area contributed by atoms with Gasteiger partial charge in [-0.25, -0.2) is 8.42 Å². The van der Waals surface area contributed by atoms with Gasteiger partial charge in [-0.3, -0.25) is 0 Å².